The quantitative estimate of drug-likeness (QED) is 0.868. The van der Waals surface area contributed by atoms with E-state index >= 15 is 0 Å². The van der Waals surface area contributed by atoms with E-state index in [1.807, 2.05) is 12.1 Å². The molecule has 4 nitrogen and oxygen atoms in total. The monoisotopic (exact) mass is 315 g/mol. The van der Waals surface area contributed by atoms with Crippen molar-refractivity contribution in [1.29, 1.82) is 0 Å². The van der Waals surface area contributed by atoms with Gasteiger partial charge in [0.25, 0.3) is 0 Å². The second-order valence-corrected chi connectivity index (χ2v) is 7.37. The first-order valence-corrected chi connectivity index (χ1v) is 8.52. The molecule has 2 aliphatic rings. The lowest BCUT2D eigenvalue weighted by molar-refractivity contribution is -0.0191. The van der Waals surface area contributed by atoms with Gasteiger partial charge in [-0.1, -0.05) is 13.8 Å². The van der Waals surface area contributed by atoms with Crippen molar-refractivity contribution in [3.63, 3.8) is 0 Å². The van der Waals surface area contributed by atoms with Crippen molar-refractivity contribution in [2.24, 2.45) is 11.8 Å². The third-order valence-electron chi connectivity index (χ3n) is 5.32. The van der Waals surface area contributed by atoms with Crippen molar-refractivity contribution in [2.45, 2.75) is 45.3 Å². The molecule has 1 aromatic carbocycles. The van der Waals surface area contributed by atoms with Gasteiger partial charge < -0.3 is 5.11 Å². The third kappa shape index (κ3) is 3.10. The maximum atomic E-state index is 11.2. The number of benzene rings is 1. The highest BCUT2D eigenvalue weighted by Gasteiger charge is 2.38. The molecule has 1 saturated heterocycles. The van der Waals surface area contributed by atoms with Crippen molar-refractivity contribution in [1.82, 2.24) is 4.90 Å². The van der Waals surface area contributed by atoms with Gasteiger partial charge in [-0.2, -0.15) is 0 Å². The number of rotatable bonds is 4. The highest BCUT2D eigenvalue weighted by molar-refractivity contribution is 5.91. The SMILES string of the molecule is CC(C)C[C@@H]1CN2CCc3cc(C=O)c(C=O)cc3[C@H]2C[C@H]1O. The van der Waals surface area contributed by atoms with Crippen LogP contribution < -0.4 is 0 Å². The molecule has 1 aromatic rings. The molecule has 23 heavy (non-hydrogen) atoms. The topological polar surface area (TPSA) is 57.6 Å². The normalized spacial score (nSPS) is 27.4. The zero-order chi connectivity index (χ0) is 16.6. The molecule has 124 valence electrons. The summed E-state index contributed by atoms with van der Waals surface area (Å²) in [6, 6.07) is 3.88. The van der Waals surface area contributed by atoms with E-state index in [2.05, 4.69) is 18.7 Å². The van der Waals surface area contributed by atoms with Crippen LogP contribution in [0.15, 0.2) is 12.1 Å². The minimum absolute atomic E-state index is 0.163. The van der Waals surface area contributed by atoms with Crippen LogP contribution in [0.3, 0.4) is 0 Å². The van der Waals surface area contributed by atoms with Gasteiger partial charge in [0.1, 0.15) is 0 Å². The summed E-state index contributed by atoms with van der Waals surface area (Å²) in [5, 5.41) is 10.6. The molecule has 2 aliphatic heterocycles. The van der Waals surface area contributed by atoms with E-state index in [0.717, 1.165) is 49.6 Å². The van der Waals surface area contributed by atoms with Gasteiger partial charge in [0.05, 0.1) is 6.10 Å². The molecule has 1 fully saturated rings. The number of fused-ring (bicyclic) bond motifs is 3. The van der Waals surface area contributed by atoms with E-state index in [1.54, 1.807) is 0 Å². The molecular formula is C19H25NO3. The predicted octanol–water partition coefficient (Wildman–Crippen LogP) is 2.64. The van der Waals surface area contributed by atoms with Crippen molar-refractivity contribution in [2.75, 3.05) is 13.1 Å². The summed E-state index contributed by atoms with van der Waals surface area (Å²) in [5.41, 5.74) is 3.19. The predicted molar refractivity (Wildman–Crippen MR) is 88.8 cm³/mol. The fraction of sp³-hybridized carbons (Fsp3) is 0.579. The van der Waals surface area contributed by atoms with E-state index in [0.29, 0.717) is 29.4 Å². The second-order valence-electron chi connectivity index (χ2n) is 7.37. The standard InChI is InChI=1S/C19H25NO3/c1-12(2)5-14-9-20-4-3-13-6-15(10-21)16(11-22)7-17(13)18(20)8-19(14)23/h6-7,10-12,14,18-19,23H,3-5,8-9H2,1-2H3/t14-,18-,19-/m1/s1. The number of aliphatic hydroxyl groups is 1. The molecule has 0 bridgehead atoms. The van der Waals surface area contributed by atoms with Gasteiger partial charge in [-0.25, -0.2) is 0 Å². The summed E-state index contributed by atoms with van der Waals surface area (Å²) < 4.78 is 0. The Bertz CT molecular complexity index is 611. The lowest BCUT2D eigenvalue weighted by Gasteiger charge is -2.46. The molecule has 1 N–H and O–H groups in total. The first kappa shape index (κ1) is 16.3. The van der Waals surface area contributed by atoms with Gasteiger partial charge >= 0.3 is 0 Å². The molecule has 0 aliphatic carbocycles. The summed E-state index contributed by atoms with van der Waals surface area (Å²) in [6.45, 7) is 6.26. The Morgan fingerprint density at radius 1 is 1.26 bits per heavy atom. The summed E-state index contributed by atoms with van der Waals surface area (Å²) >= 11 is 0. The van der Waals surface area contributed by atoms with Crippen LogP contribution in [-0.4, -0.2) is 41.8 Å². The first-order valence-electron chi connectivity index (χ1n) is 8.52. The Kier molecular flexibility index (Phi) is 4.64. The second kappa shape index (κ2) is 6.54. The van der Waals surface area contributed by atoms with Crippen LogP contribution in [0.1, 0.15) is 64.6 Å². The summed E-state index contributed by atoms with van der Waals surface area (Å²) in [7, 11) is 0. The molecule has 0 saturated carbocycles. The Morgan fingerprint density at radius 2 is 1.96 bits per heavy atom. The van der Waals surface area contributed by atoms with Crippen molar-refractivity contribution in [3.8, 4) is 0 Å². The largest absolute Gasteiger partial charge is 0.393 e. The molecule has 0 unspecified atom stereocenters. The Balaban J connectivity index is 1.90. The Hall–Kier alpha value is -1.52. The molecule has 0 radical (unpaired) electrons. The summed E-state index contributed by atoms with van der Waals surface area (Å²) in [6.07, 6.45) is 3.87. The van der Waals surface area contributed by atoms with E-state index in [-0.39, 0.29) is 12.1 Å². The van der Waals surface area contributed by atoms with Gasteiger partial charge in [0.15, 0.2) is 12.6 Å². The molecular weight excluding hydrogens is 290 g/mol. The van der Waals surface area contributed by atoms with Crippen LogP contribution >= 0.6 is 0 Å². The number of nitrogens with zero attached hydrogens (tertiary/aromatic N) is 1. The van der Waals surface area contributed by atoms with Crippen LogP contribution in [0.5, 0.6) is 0 Å². The molecule has 2 heterocycles. The number of carbonyl (C=O) groups is 2. The highest BCUT2D eigenvalue weighted by Crippen LogP contribution is 2.40. The van der Waals surface area contributed by atoms with Gasteiger partial charge in [-0.05, 0) is 54.4 Å². The summed E-state index contributed by atoms with van der Waals surface area (Å²) in [5.74, 6) is 0.910. The minimum Gasteiger partial charge on any atom is -0.393 e. The fourth-order valence-electron chi connectivity index (χ4n) is 4.22. The fourth-order valence-corrected chi connectivity index (χ4v) is 4.22. The number of aldehydes is 2. The molecule has 0 aromatic heterocycles. The number of hydrogen-bond donors (Lipinski definition) is 1. The molecule has 3 atom stereocenters. The average molecular weight is 315 g/mol. The number of piperidine rings is 1. The van der Waals surface area contributed by atoms with Crippen LogP contribution in [0.25, 0.3) is 0 Å². The van der Waals surface area contributed by atoms with E-state index in [4.69, 9.17) is 0 Å². The lowest BCUT2D eigenvalue weighted by Crippen LogP contribution is -2.48. The summed E-state index contributed by atoms with van der Waals surface area (Å²) in [4.78, 5) is 24.8. The third-order valence-corrected chi connectivity index (χ3v) is 5.32. The molecule has 3 rings (SSSR count). The van der Waals surface area contributed by atoms with Crippen molar-refractivity contribution >= 4 is 12.6 Å². The van der Waals surface area contributed by atoms with Gasteiger partial charge in [-0.15, -0.1) is 0 Å². The Morgan fingerprint density at radius 3 is 2.61 bits per heavy atom. The lowest BCUT2D eigenvalue weighted by atomic mass is 9.78. The Labute approximate surface area is 137 Å². The smallest absolute Gasteiger partial charge is 0.150 e. The maximum Gasteiger partial charge on any atom is 0.150 e. The highest BCUT2D eigenvalue weighted by atomic mass is 16.3. The van der Waals surface area contributed by atoms with Crippen LogP contribution in [0.4, 0.5) is 0 Å². The van der Waals surface area contributed by atoms with Crippen molar-refractivity contribution in [3.05, 3.63) is 34.4 Å². The van der Waals surface area contributed by atoms with E-state index in [1.165, 1.54) is 0 Å². The van der Waals surface area contributed by atoms with Crippen LogP contribution in [-0.2, 0) is 6.42 Å². The number of hydrogen-bond acceptors (Lipinski definition) is 4. The van der Waals surface area contributed by atoms with Gasteiger partial charge in [0, 0.05) is 30.3 Å². The number of carbonyl (C=O) groups excluding carboxylic acids is 2. The zero-order valence-corrected chi connectivity index (χ0v) is 13.9. The van der Waals surface area contributed by atoms with E-state index < -0.39 is 0 Å². The average Bonchev–Trinajstić information content (AvgIpc) is 2.53. The number of aliphatic hydroxyl groups excluding tert-OH is 1. The molecule has 0 amide bonds. The van der Waals surface area contributed by atoms with Crippen molar-refractivity contribution < 1.29 is 14.7 Å². The minimum atomic E-state index is -0.296. The molecule has 4 heteroatoms. The van der Waals surface area contributed by atoms with Crippen LogP contribution in [0, 0.1) is 11.8 Å². The van der Waals surface area contributed by atoms with E-state index in [9.17, 15) is 14.7 Å². The van der Waals surface area contributed by atoms with Gasteiger partial charge in [0.2, 0.25) is 0 Å². The first-order chi connectivity index (χ1) is 11.0. The molecule has 0 spiro atoms. The van der Waals surface area contributed by atoms with Crippen LogP contribution in [0.2, 0.25) is 0 Å². The van der Waals surface area contributed by atoms with Gasteiger partial charge in [-0.3, -0.25) is 14.5 Å². The maximum absolute atomic E-state index is 11.2. The zero-order valence-electron chi connectivity index (χ0n) is 13.9.